The number of fused-ring (bicyclic) bond motifs is 1. The number of nitrogens with one attached hydrogen (secondary N) is 2. The summed E-state index contributed by atoms with van der Waals surface area (Å²) in [6.45, 7) is 3.47. The van der Waals surface area contributed by atoms with Crippen LogP contribution in [0.15, 0.2) is 29.2 Å². The highest BCUT2D eigenvalue weighted by Crippen LogP contribution is 2.29. The highest BCUT2D eigenvalue weighted by molar-refractivity contribution is 7.91. The van der Waals surface area contributed by atoms with Crippen molar-refractivity contribution < 1.29 is 21.6 Å². The minimum absolute atomic E-state index is 0.0531. The predicted molar refractivity (Wildman–Crippen MR) is 127 cm³/mol. The summed E-state index contributed by atoms with van der Waals surface area (Å²) in [5.41, 5.74) is 2.95. The topological polar surface area (TPSA) is 87.2 Å². The van der Waals surface area contributed by atoms with Crippen molar-refractivity contribution >= 4 is 21.6 Å². The number of hydrogen-bond donors (Lipinski definition) is 2. The second kappa shape index (κ2) is 10.9. The molecule has 1 aromatic heterocycles. The summed E-state index contributed by atoms with van der Waals surface area (Å²) in [6.07, 6.45) is -0.934. The summed E-state index contributed by atoms with van der Waals surface area (Å²) < 4.78 is 61.5. The number of aromatic nitrogens is 2. The number of aryl methyl sites for hydroxylation is 1. The molecule has 0 spiro atoms. The molecule has 0 radical (unpaired) electrons. The van der Waals surface area contributed by atoms with Gasteiger partial charge in [-0.3, -0.25) is 4.90 Å². The molecule has 1 unspecified atom stereocenters. The summed E-state index contributed by atoms with van der Waals surface area (Å²) in [7, 11) is -1.79. The van der Waals surface area contributed by atoms with Gasteiger partial charge in [0.1, 0.15) is 5.82 Å². The molecule has 1 aliphatic rings. The van der Waals surface area contributed by atoms with E-state index in [0.29, 0.717) is 30.4 Å². The molecule has 1 atom stereocenters. The van der Waals surface area contributed by atoms with Gasteiger partial charge in [-0.25, -0.2) is 13.4 Å². The Morgan fingerprint density at radius 1 is 1.15 bits per heavy atom. The van der Waals surface area contributed by atoms with Crippen molar-refractivity contribution in [1.82, 2.24) is 14.9 Å². The van der Waals surface area contributed by atoms with Crippen LogP contribution in [-0.4, -0.2) is 61.9 Å². The van der Waals surface area contributed by atoms with E-state index in [1.165, 1.54) is 11.9 Å². The van der Waals surface area contributed by atoms with Crippen LogP contribution in [0.5, 0.6) is 0 Å². The molecule has 0 saturated carbocycles. The minimum atomic E-state index is -4.20. The molecule has 7 nitrogen and oxygen atoms in total. The van der Waals surface area contributed by atoms with Crippen LogP contribution >= 0.6 is 0 Å². The smallest absolute Gasteiger partial charge is 0.370 e. The predicted octanol–water partition coefficient (Wildman–Crippen LogP) is 4.23. The van der Waals surface area contributed by atoms with Gasteiger partial charge in [-0.05, 0) is 63.9 Å². The second-order valence-electron chi connectivity index (χ2n) is 8.65. The molecule has 0 aliphatic heterocycles. The molecule has 0 bridgehead atoms. The van der Waals surface area contributed by atoms with Gasteiger partial charge in [0.2, 0.25) is 5.95 Å². The largest absolute Gasteiger partial charge is 0.401 e. The van der Waals surface area contributed by atoms with Gasteiger partial charge in [0.15, 0.2) is 9.84 Å². The lowest BCUT2D eigenvalue weighted by Gasteiger charge is -2.19. The lowest BCUT2D eigenvalue weighted by Crippen LogP contribution is -2.32. The number of anilines is 2. The van der Waals surface area contributed by atoms with E-state index >= 15 is 0 Å². The SMILES string of the molecule is CCS(=O)(=O)c1ccc(C(C)Nc2nc3c(c(NCCCN(C)CC(F)(F)F)n2)CCC3)cc1. The zero-order valence-electron chi connectivity index (χ0n) is 19.7. The van der Waals surface area contributed by atoms with Crippen LogP contribution in [-0.2, 0) is 22.7 Å². The van der Waals surface area contributed by atoms with Gasteiger partial charge in [0.05, 0.1) is 28.9 Å². The normalized spacial score (nSPS) is 14.8. The van der Waals surface area contributed by atoms with Gasteiger partial charge in [-0.1, -0.05) is 19.1 Å². The van der Waals surface area contributed by atoms with Crippen LogP contribution in [0, 0.1) is 0 Å². The van der Waals surface area contributed by atoms with Crippen LogP contribution in [0.1, 0.15) is 49.6 Å². The maximum atomic E-state index is 12.5. The lowest BCUT2D eigenvalue weighted by atomic mass is 10.1. The Bertz CT molecular complexity index is 1080. The van der Waals surface area contributed by atoms with Crippen LogP contribution in [0.3, 0.4) is 0 Å². The Balaban J connectivity index is 1.64. The molecular formula is C23H32F3N5O2S. The Morgan fingerprint density at radius 2 is 1.85 bits per heavy atom. The zero-order valence-corrected chi connectivity index (χ0v) is 20.6. The van der Waals surface area contributed by atoms with Gasteiger partial charge >= 0.3 is 6.18 Å². The molecule has 188 valence electrons. The van der Waals surface area contributed by atoms with Crippen molar-refractivity contribution in [3.8, 4) is 0 Å². The van der Waals surface area contributed by atoms with Crippen molar-refractivity contribution in [3.05, 3.63) is 41.1 Å². The number of benzene rings is 1. The molecule has 1 aliphatic carbocycles. The van der Waals surface area contributed by atoms with E-state index in [9.17, 15) is 21.6 Å². The Morgan fingerprint density at radius 3 is 2.50 bits per heavy atom. The molecule has 3 rings (SSSR count). The van der Waals surface area contributed by atoms with Crippen molar-refractivity contribution in [3.63, 3.8) is 0 Å². The van der Waals surface area contributed by atoms with Crippen LogP contribution in [0.2, 0.25) is 0 Å². The molecule has 0 saturated heterocycles. The van der Waals surface area contributed by atoms with Gasteiger partial charge in [0.25, 0.3) is 0 Å². The molecule has 0 fully saturated rings. The summed E-state index contributed by atoms with van der Waals surface area (Å²) in [5, 5.41) is 6.57. The summed E-state index contributed by atoms with van der Waals surface area (Å²) in [4.78, 5) is 10.8. The number of hydrogen-bond acceptors (Lipinski definition) is 7. The highest BCUT2D eigenvalue weighted by Gasteiger charge is 2.28. The third-order valence-corrected chi connectivity index (χ3v) is 7.61. The summed E-state index contributed by atoms with van der Waals surface area (Å²) in [5.74, 6) is 1.24. The van der Waals surface area contributed by atoms with E-state index < -0.39 is 22.6 Å². The molecule has 0 amide bonds. The fraction of sp³-hybridized carbons (Fsp3) is 0.565. The maximum absolute atomic E-state index is 12.5. The van der Waals surface area contributed by atoms with Crippen molar-refractivity contribution in [2.45, 2.75) is 56.6 Å². The number of sulfone groups is 1. The quantitative estimate of drug-likeness (QED) is 0.448. The molecule has 2 aromatic rings. The average Bonchev–Trinajstić information content (AvgIpc) is 3.24. The zero-order chi connectivity index (χ0) is 24.9. The van der Waals surface area contributed by atoms with E-state index in [0.717, 1.165) is 41.9 Å². The molecule has 1 heterocycles. The molecule has 2 N–H and O–H groups in total. The third kappa shape index (κ3) is 7.05. The first-order chi connectivity index (χ1) is 16.0. The summed E-state index contributed by atoms with van der Waals surface area (Å²) >= 11 is 0. The summed E-state index contributed by atoms with van der Waals surface area (Å²) in [6, 6.07) is 6.63. The standard InChI is InChI=1S/C23H32F3N5O2S/c1-4-34(32,33)18-11-9-17(10-12-18)16(2)28-22-29-20-8-5-7-19(20)21(30-22)27-13-6-14-31(3)15-23(24,25)26/h9-12,16H,4-8,13-15H2,1-3H3,(H2,27,28,29,30). The van der Waals surface area contributed by atoms with Crippen LogP contribution in [0.4, 0.5) is 24.9 Å². The van der Waals surface area contributed by atoms with Crippen molar-refractivity contribution in [2.75, 3.05) is 43.1 Å². The van der Waals surface area contributed by atoms with Crippen molar-refractivity contribution in [2.24, 2.45) is 0 Å². The monoisotopic (exact) mass is 499 g/mol. The number of halogens is 3. The second-order valence-corrected chi connectivity index (χ2v) is 10.9. The number of rotatable bonds is 11. The highest BCUT2D eigenvalue weighted by atomic mass is 32.2. The Kier molecular flexibility index (Phi) is 8.40. The first kappa shape index (κ1) is 26.2. The van der Waals surface area contributed by atoms with Crippen molar-refractivity contribution in [1.29, 1.82) is 0 Å². The molecular weight excluding hydrogens is 467 g/mol. The van der Waals surface area contributed by atoms with E-state index in [1.54, 1.807) is 31.2 Å². The lowest BCUT2D eigenvalue weighted by molar-refractivity contribution is -0.142. The van der Waals surface area contributed by atoms with Gasteiger partial charge in [0, 0.05) is 12.1 Å². The first-order valence-corrected chi connectivity index (χ1v) is 13.1. The molecule has 1 aromatic carbocycles. The minimum Gasteiger partial charge on any atom is -0.370 e. The fourth-order valence-corrected chi connectivity index (χ4v) is 4.88. The van der Waals surface area contributed by atoms with Crippen LogP contribution < -0.4 is 10.6 Å². The maximum Gasteiger partial charge on any atom is 0.401 e. The van der Waals surface area contributed by atoms with E-state index in [-0.39, 0.29) is 11.8 Å². The van der Waals surface area contributed by atoms with Gasteiger partial charge in [-0.15, -0.1) is 0 Å². The number of alkyl halides is 3. The average molecular weight is 500 g/mol. The Hall–Kier alpha value is -2.40. The van der Waals surface area contributed by atoms with Gasteiger partial charge in [-0.2, -0.15) is 18.2 Å². The van der Waals surface area contributed by atoms with E-state index in [4.69, 9.17) is 0 Å². The third-order valence-electron chi connectivity index (χ3n) is 5.86. The van der Waals surface area contributed by atoms with E-state index in [2.05, 4.69) is 20.6 Å². The molecule has 11 heteroatoms. The first-order valence-electron chi connectivity index (χ1n) is 11.5. The fourth-order valence-electron chi connectivity index (χ4n) is 3.99. The Labute approximate surface area is 199 Å². The molecule has 34 heavy (non-hydrogen) atoms. The van der Waals surface area contributed by atoms with Gasteiger partial charge < -0.3 is 10.6 Å². The number of nitrogens with zero attached hydrogens (tertiary/aromatic N) is 3. The van der Waals surface area contributed by atoms with Crippen LogP contribution in [0.25, 0.3) is 0 Å². The van der Waals surface area contributed by atoms with E-state index in [1.807, 2.05) is 6.92 Å².